The molecule has 0 aliphatic carbocycles. The second-order valence-electron chi connectivity index (χ2n) is 8.15. The second-order valence-corrected chi connectivity index (χ2v) is 8.15. The number of aliphatic imine (C=N–C) groups is 1. The summed E-state index contributed by atoms with van der Waals surface area (Å²) >= 11 is 0. The van der Waals surface area contributed by atoms with E-state index >= 15 is 0 Å². The molecule has 1 aromatic heterocycles. The van der Waals surface area contributed by atoms with E-state index in [-0.39, 0.29) is 0 Å². The Balaban J connectivity index is 1.40. The third-order valence-electron chi connectivity index (χ3n) is 5.77. The van der Waals surface area contributed by atoms with Gasteiger partial charge in [-0.2, -0.15) is 0 Å². The number of nitrogens with one attached hydrogen (secondary N) is 1. The predicted octanol–water partition coefficient (Wildman–Crippen LogP) is 2.68. The molecule has 0 amide bonds. The topological polar surface area (TPSA) is 47.0 Å². The molecule has 1 N–H and O–H groups in total. The van der Waals surface area contributed by atoms with Crippen molar-refractivity contribution >= 4 is 11.8 Å². The van der Waals surface area contributed by atoms with Gasteiger partial charge in [0.2, 0.25) is 0 Å². The van der Waals surface area contributed by atoms with Crippen molar-refractivity contribution in [2.24, 2.45) is 10.9 Å². The zero-order chi connectivity index (χ0) is 19.6. The van der Waals surface area contributed by atoms with Crippen LogP contribution in [-0.4, -0.2) is 79.6 Å². The number of hydrogen-bond acceptors (Lipinski definition) is 4. The minimum absolute atomic E-state index is 0.872. The normalized spacial score (nSPS) is 21.8. The fourth-order valence-corrected chi connectivity index (χ4v) is 4.24. The minimum atomic E-state index is 0.872. The van der Waals surface area contributed by atoms with Crippen LogP contribution in [0, 0.1) is 5.92 Å². The maximum atomic E-state index is 4.91. The van der Waals surface area contributed by atoms with Gasteiger partial charge in [0.05, 0.1) is 0 Å². The number of likely N-dealkylation sites (tertiary alicyclic amines) is 1. The average Bonchev–Trinajstić information content (AvgIpc) is 2.74. The molecule has 2 aliphatic heterocycles. The molecule has 2 saturated heterocycles. The molecule has 0 bridgehead atoms. The van der Waals surface area contributed by atoms with Gasteiger partial charge in [-0.1, -0.05) is 13.0 Å². The van der Waals surface area contributed by atoms with Gasteiger partial charge in [-0.05, 0) is 63.7 Å². The lowest BCUT2D eigenvalue weighted by molar-refractivity contribution is 0.181. The zero-order valence-electron chi connectivity index (χ0n) is 17.8. The van der Waals surface area contributed by atoms with Gasteiger partial charge in [0.1, 0.15) is 5.82 Å². The maximum absolute atomic E-state index is 4.91. The quantitative estimate of drug-likeness (QED) is 0.443. The largest absolute Gasteiger partial charge is 0.357 e. The molecule has 6 nitrogen and oxygen atoms in total. The van der Waals surface area contributed by atoms with Crippen molar-refractivity contribution in [2.45, 2.75) is 39.5 Å². The summed E-state index contributed by atoms with van der Waals surface area (Å²) in [5.74, 6) is 3.03. The lowest BCUT2D eigenvalue weighted by atomic mass is 10.0. The summed E-state index contributed by atoms with van der Waals surface area (Å²) in [6.07, 6.45) is 7.07. The number of nitrogens with zero attached hydrogens (tertiary/aromatic N) is 5. The van der Waals surface area contributed by atoms with Crippen LogP contribution in [0.3, 0.4) is 0 Å². The van der Waals surface area contributed by atoms with E-state index in [9.17, 15) is 0 Å². The van der Waals surface area contributed by atoms with Crippen LogP contribution in [0.25, 0.3) is 0 Å². The summed E-state index contributed by atoms with van der Waals surface area (Å²) in [6.45, 7) is 14.2. The van der Waals surface area contributed by atoms with Gasteiger partial charge >= 0.3 is 0 Å². The van der Waals surface area contributed by atoms with E-state index in [0.29, 0.717) is 0 Å². The third kappa shape index (κ3) is 6.36. The Bertz CT molecular complexity index is 582. The summed E-state index contributed by atoms with van der Waals surface area (Å²) in [7, 11) is 0. The van der Waals surface area contributed by atoms with E-state index in [4.69, 9.17) is 4.99 Å². The molecule has 1 unspecified atom stereocenters. The molecule has 0 radical (unpaired) electrons. The number of unbranched alkanes of at least 4 members (excludes halogenated alkanes) is 1. The van der Waals surface area contributed by atoms with E-state index in [1.54, 1.807) is 0 Å². The summed E-state index contributed by atoms with van der Waals surface area (Å²) in [4.78, 5) is 16.8. The summed E-state index contributed by atoms with van der Waals surface area (Å²) in [5.41, 5.74) is 0. The molecule has 3 heterocycles. The SMILES string of the molecule is CCNC(=NCCCCN1CCCC(C)C1)N1CCN(c2ccccn2)CC1. The maximum Gasteiger partial charge on any atom is 0.194 e. The van der Waals surface area contributed by atoms with Crippen LogP contribution >= 0.6 is 0 Å². The smallest absolute Gasteiger partial charge is 0.194 e. The molecule has 2 fully saturated rings. The van der Waals surface area contributed by atoms with Crippen molar-refractivity contribution in [3.63, 3.8) is 0 Å². The molecule has 0 spiro atoms. The van der Waals surface area contributed by atoms with Crippen molar-refractivity contribution in [1.82, 2.24) is 20.1 Å². The minimum Gasteiger partial charge on any atom is -0.357 e. The number of pyridine rings is 1. The van der Waals surface area contributed by atoms with E-state index < -0.39 is 0 Å². The first-order valence-corrected chi connectivity index (χ1v) is 11.2. The fraction of sp³-hybridized carbons (Fsp3) is 0.727. The van der Waals surface area contributed by atoms with Crippen LogP contribution in [0.5, 0.6) is 0 Å². The second kappa shape index (κ2) is 11.2. The molecular formula is C22H38N6. The van der Waals surface area contributed by atoms with Gasteiger partial charge in [-0.3, -0.25) is 4.99 Å². The number of piperazine rings is 1. The molecule has 0 aromatic carbocycles. The molecule has 0 saturated carbocycles. The van der Waals surface area contributed by atoms with Gasteiger partial charge in [0.25, 0.3) is 0 Å². The fourth-order valence-electron chi connectivity index (χ4n) is 4.24. The average molecular weight is 387 g/mol. The van der Waals surface area contributed by atoms with Gasteiger partial charge in [-0.15, -0.1) is 0 Å². The summed E-state index contributed by atoms with van der Waals surface area (Å²) in [5, 5.41) is 3.48. The van der Waals surface area contributed by atoms with Crippen LogP contribution < -0.4 is 10.2 Å². The summed E-state index contributed by atoms with van der Waals surface area (Å²) in [6, 6.07) is 6.13. The Morgan fingerprint density at radius 2 is 2.04 bits per heavy atom. The number of anilines is 1. The predicted molar refractivity (Wildman–Crippen MR) is 118 cm³/mol. The Morgan fingerprint density at radius 3 is 2.75 bits per heavy atom. The standard InChI is InChI=1S/C22H38N6/c1-3-23-22(25-12-6-7-13-26-14-8-9-20(2)19-26)28-17-15-27(16-18-28)21-10-4-5-11-24-21/h4-5,10-11,20H,3,6-9,12-19H2,1-2H3,(H,23,25). The van der Waals surface area contributed by atoms with Crippen LogP contribution in [0.4, 0.5) is 5.82 Å². The molecule has 6 heteroatoms. The highest BCUT2D eigenvalue weighted by molar-refractivity contribution is 5.80. The van der Waals surface area contributed by atoms with Gasteiger partial charge in [0, 0.05) is 52.0 Å². The van der Waals surface area contributed by atoms with E-state index in [0.717, 1.165) is 57.0 Å². The van der Waals surface area contributed by atoms with Crippen LogP contribution in [0.1, 0.15) is 39.5 Å². The third-order valence-corrected chi connectivity index (χ3v) is 5.77. The van der Waals surface area contributed by atoms with Crippen LogP contribution in [0.2, 0.25) is 0 Å². The molecule has 156 valence electrons. The molecule has 2 aliphatic rings. The van der Waals surface area contributed by atoms with Crippen molar-refractivity contribution < 1.29 is 0 Å². The number of guanidine groups is 1. The molecule has 1 aromatic rings. The Morgan fingerprint density at radius 1 is 1.18 bits per heavy atom. The number of rotatable bonds is 7. The lowest BCUT2D eigenvalue weighted by Crippen LogP contribution is -2.52. The van der Waals surface area contributed by atoms with Crippen molar-refractivity contribution in [3.05, 3.63) is 24.4 Å². The Labute approximate surface area is 171 Å². The molecule has 1 atom stereocenters. The first-order valence-electron chi connectivity index (χ1n) is 11.2. The molecule has 28 heavy (non-hydrogen) atoms. The number of piperidine rings is 1. The zero-order valence-corrected chi connectivity index (χ0v) is 17.8. The van der Waals surface area contributed by atoms with Crippen molar-refractivity contribution in [3.8, 4) is 0 Å². The van der Waals surface area contributed by atoms with Gasteiger partial charge in [-0.25, -0.2) is 4.98 Å². The highest BCUT2D eigenvalue weighted by Gasteiger charge is 2.20. The van der Waals surface area contributed by atoms with Crippen LogP contribution in [0.15, 0.2) is 29.4 Å². The molecular weight excluding hydrogens is 348 g/mol. The van der Waals surface area contributed by atoms with Crippen LogP contribution in [-0.2, 0) is 0 Å². The van der Waals surface area contributed by atoms with E-state index in [1.807, 2.05) is 12.3 Å². The summed E-state index contributed by atoms with van der Waals surface area (Å²) < 4.78 is 0. The number of aromatic nitrogens is 1. The Kier molecular flexibility index (Phi) is 8.40. The lowest BCUT2D eigenvalue weighted by Gasteiger charge is -2.37. The highest BCUT2D eigenvalue weighted by atomic mass is 15.4. The first kappa shape index (κ1) is 20.9. The van der Waals surface area contributed by atoms with Crippen molar-refractivity contribution in [1.29, 1.82) is 0 Å². The van der Waals surface area contributed by atoms with E-state index in [1.165, 1.54) is 45.3 Å². The highest BCUT2D eigenvalue weighted by Crippen LogP contribution is 2.16. The first-order chi connectivity index (χ1) is 13.8. The Hall–Kier alpha value is -1.82. The van der Waals surface area contributed by atoms with Crippen molar-refractivity contribution in [2.75, 3.05) is 63.8 Å². The monoisotopic (exact) mass is 386 g/mol. The van der Waals surface area contributed by atoms with Gasteiger partial charge in [0.15, 0.2) is 5.96 Å². The number of hydrogen-bond donors (Lipinski definition) is 1. The van der Waals surface area contributed by atoms with Gasteiger partial charge < -0.3 is 20.0 Å². The van der Waals surface area contributed by atoms with E-state index in [2.05, 4.69) is 51.0 Å². The molecule has 3 rings (SSSR count).